The highest BCUT2D eigenvalue weighted by molar-refractivity contribution is 7.12. The van der Waals surface area contributed by atoms with Crippen LogP contribution in [0.4, 0.5) is 5.82 Å². The Bertz CT molecular complexity index is 1140. The Kier molecular flexibility index (Phi) is 5.24. The van der Waals surface area contributed by atoms with Crippen LogP contribution < -0.4 is 10.1 Å². The Morgan fingerprint density at radius 3 is 2.63 bits per heavy atom. The predicted octanol–water partition coefficient (Wildman–Crippen LogP) is 6.03. The number of imidazole rings is 1. The molecule has 0 saturated heterocycles. The molecular formula is C24H23N3O2S. The number of carbonyl (C=O) groups is 1. The van der Waals surface area contributed by atoms with Crippen LogP contribution in [0.15, 0.2) is 66.2 Å². The van der Waals surface area contributed by atoms with E-state index in [0.717, 1.165) is 22.7 Å². The van der Waals surface area contributed by atoms with E-state index in [1.807, 2.05) is 60.1 Å². The lowest BCUT2D eigenvalue weighted by atomic mass is 9.95. The molecule has 0 unspecified atom stereocenters. The fourth-order valence-electron chi connectivity index (χ4n) is 4.01. The zero-order valence-electron chi connectivity index (χ0n) is 16.6. The van der Waals surface area contributed by atoms with E-state index in [1.165, 1.54) is 43.4 Å². The Morgan fingerprint density at radius 2 is 1.87 bits per heavy atom. The summed E-state index contributed by atoms with van der Waals surface area (Å²) in [6.07, 6.45) is 8.30. The Morgan fingerprint density at radius 1 is 1.03 bits per heavy atom. The summed E-state index contributed by atoms with van der Waals surface area (Å²) in [6, 6.07) is 17.7. The molecule has 6 heteroatoms. The first-order chi connectivity index (χ1) is 14.8. The molecule has 1 aliphatic carbocycles. The molecule has 0 radical (unpaired) electrons. The minimum Gasteiger partial charge on any atom is -0.422 e. The molecule has 3 heterocycles. The fourth-order valence-corrected chi connectivity index (χ4v) is 4.61. The monoisotopic (exact) mass is 417 g/mol. The smallest absolute Gasteiger partial charge is 0.353 e. The summed E-state index contributed by atoms with van der Waals surface area (Å²) < 4.78 is 7.61. The van der Waals surface area contributed by atoms with Gasteiger partial charge >= 0.3 is 5.97 Å². The first-order valence-electron chi connectivity index (χ1n) is 10.4. The highest BCUT2D eigenvalue weighted by atomic mass is 32.1. The molecular weight excluding hydrogens is 394 g/mol. The van der Waals surface area contributed by atoms with Crippen LogP contribution in [0.25, 0.3) is 16.9 Å². The number of nitrogens with one attached hydrogen (secondary N) is 1. The number of anilines is 1. The number of hydrogen-bond acceptors (Lipinski definition) is 5. The molecule has 1 N–H and O–H groups in total. The summed E-state index contributed by atoms with van der Waals surface area (Å²) in [5.74, 6) is 1.23. The van der Waals surface area contributed by atoms with Gasteiger partial charge in [-0.25, -0.2) is 9.78 Å². The Labute approximate surface area is 179 Å². The molecule has 0 aliphatic heterocycles. The standard InChI is InChI=1S/C24H23N3O2S/c28-24(20-9-6-16-30-20)29-19-13-11-17(12-14-19)22-23(25-18-7-2-1-3-8-18)27-15-5-4-10-21(27)26-22/h4-6,9-16,18,25H,1-3,7-8H2. The van der Waals surface area contributed by atoms with Crippen molar-refractivity contribution >= 4 is 28.8 Å². The summed E-state index contributed by atoms with van der Waals surface area (Å²) in [5.41, 5.74) is 2.83. The molecule has 3 aromatic heterocycles. The van der Waals surface area contributed by atoms with Gasteiger partial charge in [-0.05, 0) is 60.7 Å². The van der Waals surface area contributed by atoms with Crippen molar-refractivity contribution in [2.75, 3.05) is 5.32 Å². The molecule has 1 saturated carbocycles. The van der Waals surface area contributed by atoms with Crippen molar-refractivity contribution in [1.82, 2.24) is 9.38 Å². The van der Waals surface area contributed by atoms with Crippen LogP contribution in [0, 0.1) is 0 Å². The molecule has 0 spiro atoms. The summed E-state index contributed by atoms with van der Waals surface area (Å²) in [6.45, 7) is 0. The van der Waals surface area contributed by atoms with Crippen molar-refractivity contribution < 1.29 is 9.53 Å². The van der Waals surface area contributed by atoms with Crippen molar-refractivity contribution in [3.63, 3.8) is 0 Å². The molecule has 1 aliphatic rings. The minimum absolute atomic E-state index is 0.329. The maximum absolute atomic E-state index is 12.2. The van der Waals surface area contributed by atoms with E-state index in [4.69, 9.17) is 9.72 Å². The number of esters is 1. The molecule has 0 bridgehead atoms. The molecule has 1 fully saturated rings. The quantitative estimate of drug-likeness (QED) is 0.318. The van der Waals surface area contributed by atoms with Crippen molar-refractivity contribution in [3.8, 4) is 17.0 Å². The fraction of sp³-hybridized carbons (Fsp3) is 0.250. The molecule has 152 valence electrons. The normalized spacial score (nSPS) is 14.7. The van der Waals surface area contributed by atoms with E-state index in [2.05, 4.69) is 9.72 Å². The third-order valence-corrected chi connectivity index (χ3v) is 6.39. The van der Waals surface area contributed by atoms with Gasteiger partial charge < -0.3 is 10.1 Å². The van der Waals surface area contributed by atoms with E-state index in [0.29, 0.717) is 16.7 Å². The van der Waals surface area contributed by atoms with Crippen LogP contribution in [0.5, 0.6) is 5.75 Å². The summed E-state index contributed by atoms with van der Waals surface area (Å²) >= 11 is 1.38. The van der Waals surface area contributed by atoms with Crippen LogP contribution in [-0.2, 0) is 0 Å². The summed E-state index contributed by atoms with van der Waals surface area (Å²) in [7, 11) is 0. The third kappa shape index (κ3) is 3.83. The topological polar surface area (TPSA) is 55.6 Å². The zero-order chi connectivity index (χ0) is 20.3. The van der Waals surface area contributed by atoms with E-state index in [-0.39, 0.29) is 5.97 Å². The number of hydrogen-bond donors (Lipinski definition) is 1. The van der Waals surface area contributed by atoms with Crippen LogP contribution in [0.1, 0.15) is 41.8 Å². The highest BCUT2D eigenvalue weighted by Gasteiger charge is 2.19. The number of carbonyl (C=O) groups excluding carboxylic acids is 1. The van der Waals surface area contributed by atoms with Crippen LogP contribution in [0.2, 0.25) is 0 Å². The van der Waals surface area contributed by atoms with Gasteiger partial charge in [0.1, 0.15) is 27.8 Å². The van der Waals surface area contributed by atoms with Crippen LogP contribution >= 0.6 is 11.3 Å². The Hall–Kier alpha value is -3.12. The summed E-state index contributed by atoms with van der Waals surface area (Å²) in [4.78, 5) is 17.7. The second kappa shape index (κ2) is 8.32. The maximum atomic E-state index is 12.2. The number of benzene rings is 1. The van der Waals surface area contributed by atoms with Gasteiger partial charge in [-0.15, -0.1) is 11.3 Å². The SMILES string of the molecule is O=C(Oc1ccc(-c2nc3ccccn3c2NC2CCCCC2)cc1)c1cccs1. The van der Waals surface area contributed by atoms with E-state index in [1.54, 1.807) is 6.07 Å². The van der Waals surface area contributed by atoms with Crippen LogP contribution in [-0.4, -0.2) is 21.4 Å². The first kappa shape index (κ1) is 18.9. The van der Waals surface area contributed by atoms with Gasteiger partial charge in [-0.2, -0.15) is 0 Å². The summed E-state index contributed by atoms with van der Waals surface area (Å²) in [5, 5.41) is 5.62. The lowest BCUT2D eigenvalue weighted by molar-refractivity contribution is 0.0740. The second-order valence-corrected chi connectivity index (χ2v) is 8.56. The van der Waals surface area contributed by atoms with E-state index < -0.39 is 0 Å². The average Bonchev–Trinajstić information content (AvgIpc) is 3.44. The van der Waals surface area contributed by atoms with Gasteiger partial charge in [0.25, 0.3) is 0 Å². The largest absolute Gasteiger partial charge is 0.422 e. The average molecular weight is 418 g/mol. The zero-order valence-corrected chi connectivity index (χ0v) is 17.4. The lowest BCUT2D eigenvalue weighted by Crippen LogP contribution is -2.23. The molecule has 1 aromatic carbocycles. The third-order valence-electron chi connectivity index (χ3n) is 5.54. The lowest BCUT2D eigenvalue weighted by Gasteiger charge is -2.24. The van der Waals surface area contributed by atoms with Gasteiger partial charge in [-0.1, -0.05) is 31.4 Å². The molecule has 5 nitrogen and oxygen atoms in total. The second-order valence-electron chi connectivity index (χ2n) is 7.61. The number of aromatic nitrogens is 2. The van der Waals surface area contributed by atoms with Crippen LogP contribution in [0.3, 0.4) is 0 Å². The predicted molar refractivity (Wildman–Crippen MR) is 120 cm³/mol. The van der Waals surface area contributed by atoms with Gasteiger partial charge in [0.15, 0.2) is 0 Å². The van der Waals surface area contributed by atoms with Crippen molar-refractivity contribution in [2.24, 2.45) is 0 Å². The number of fused-ring (bicyclic) bond motifs is 1. The number of rotatable bonds is 5. The molecule has 0 amide bonds. The Balaban J connectivity index is 1.43. The molecule has 30 heavy (non-hydrogen) atoms. The number of thiophene rings is 1. The van der Waals surface area contributed by atoms with Gasteiger partial charge in [0, 0.05) is 17.8 Å². The molecule has 0 atom stereocenters. The number of ether oxygens (including phenoxy) is 1. The maximum Gasteiger partial charge on any atom is 0.353 e. The number of pyridine rings is 1. The highest BCUT2D eigenvalue weighted by Crippen LogP contribution is 2.32. The molecule has 5 rings (SSSR count). The van der Waals surface area contributed by atoms with E-state index >= 15 is 0 Å². The van der Waals surface area contributed by atoms with Crippen molar-refractivity contribution in [3.05, 3.63) is 71.1 Å². The van der Waals surface area contributed by atoms with E-state index in [9.17, 15) is 4.79 Å². The number of nitrogens with zero attached hydrogens (tertiary/aromatic N) is 2. The first-order valence-corrected chi connectivity index (χ1v) is 11.3. The molecule has 4 aromatic rings. The van der Waals surface area contributed by atoms with Gasteiger partial charge in [0.2, 0.25) is 0 Å². The van der Waals surface area contributed by atoms with Crippen molar-refractivity contribution in [1.29, 1.82) is 0 Å². The van der Waals surface area contributed by atoms with Gasteiger partial charge in [-0.3, -0.25) is 4.40 Å². The van der Waals surface area contributed by atoms with Gasteiger partial charge in [0.05, 0.1) is 0 Å². The minimum atomic E-state index is -0.329. The van der Waals surface area contributed by atoms with Crippen molar-refractivity contribution in [2.45, 2.75) is 38.1 Å².